The third-order valence-corrected chi connectivity index (χ3v) is 7.91. The molecule has 1 aliphatic heterocycles. The van der Waals surface area contributed by atoms with E-state index in [0.717, 1.165) is 17.3 Å². The predicted molar refractivity (Wildman–Crippen MR) is 143 cm³/mol. The number of anilines is 1. The number of amides is 1. The summed E-state index contributed by atoms with van der Waals surface area (Å²) in [7, 11) is 4.33. The first-order valence-electron chi connectivity index (χ1n) is 11.7. The molecule has 1 aliphatic rings. The van der Waals surface area contributed by atoms with Crippen LogP contribution in [0.2, 0.25) is 0 Å². The van der Waals surface area contributed by atoms with E-state index in [-0.39, 0.29) is 5.57 Å². The smallest absolute Gasteiger partial charge is 0.337 e. The van der Waals surface area contributed by atoms with Crippen LogP contribution in [0, 0.1) is 5.92 Å². The highest BCUT2D eigenvalue weighted by Crippen LogP contribution is 2.58. The predicted octanol–water partition coefficient (Wildman–Crippen LogP) is 4.57. The van der Waals surface area contributed by atoms with Crippen molar-refractivity contribution in [1.29, 1.82) is 0 Å². The molecule has 0 fully saturated rings. The number of ether oxygens (including phenoxy) is 2. The number of carbonyl (C=O) groups is 3. The fraction of sp³-hybridized carbons (Fsp3) is 0.207. The van der Waals surface area contributed by atoms with E-state index >= 15 is 0 Å². The molecule has 0 saturated carbocycles. The number of nitrogens with zero attached hydrogens (tertiary/aromatic N) is 1. The maximum atomic E-state index is 14.2. The lowest BCUT2D eigenvalue weighted by molar-refractivity contribution is -0.149. The van der Waals surface area contributed by atoms with Crippen molar-refractivity contribution in [2.45, 2.75) is 11.3 Å². The zero-order valence-electron chi connectivity index (χ0n) is 20.8. The number of para-hydroxylation sites is 1. The Balaban J connectivity index is 1.89. The topological polar surface area (TPSA) is 84.9 Å². The van der Waals surface area contributed by atoms with E-state index in [0.29, 0.717) is 22.8 Å². The van der Waals surface area contributed by atoms with Crippen molar-refractivity contribution in [3.05, 3.63) is 113 Å². The number of carbonyl (C=O) groups excluding carboxylic acids is 3. The summed E-state index contributed by atoms with van der Waals surface area (Å²) in [6, 6.07) is 27.7. The average Bonchev–Trinajstić information content (AvgIpc) is 3.31. The van der Waals surface area contributed by atoms with Gasteiger partial charge in [-0.15, -0.1) is 0 Å². The molecule has 1 amide bonds. The Kier molecular flexibility index (Phi) is 7.98. The van der Waals surface area contributed by atoms with Crippen LogP contribution < -0.4 is 5.32 Å². The largest absolute Gasteiger partial charge is 0.468 e. The van der Waals surface area contributed by atoms with Crippen LogP contribution >= 0.6 is 11.8 Å². The zero-order valence-corrected chi connectivity index (χ0v) is 21.7. The van der Waals surface area contributed by atoms with Crippen molar-refractivity contribution >= 4 is 35.3 Å². The van der Waals surface area contributed by atoms with Crippen LogP contribution in [0.15, 0.2) is 102 Å². The summed E-state index contributed by atoms with van der Waals surface area (Å²) in [6.45, 7) is 0.447. The van der Waals surface area contributed by atoms with Crippen LogP contribution in [0.3, 0.4) is 0 Å². The minimum Gasteiger partial charge on any atom is -0.468 e. The number of benzene rings is 3. The molecule has 190 valence electrons. The van der Waals surface area contributed by atoms with E-state index in [2.05, 4.69) is 5.32 Å². The molecule has 37 heavy (non-hydrogen) atoms. The van der Waals surface area contributed by atoms with Crippen molar-refractivity contribution in [2.75, 3.05) is 26.6 Å². The summed E-state index contributed by atoms with van der Waals surface area (Å²) in [4.78, 5) is 42.8. The van der Waals surface area contributed by atoms with E-state index in [1.54, 1.807) is 36.4 Å². The lowest BCUT2D eigenvalue weighted by atomic mass is 9.79. The maximum absolute atomic E-state index is 14.2. The summed E-state index contributed by atoms with van der Waals surface area (Å²) in [5.41, 5.74) is 2.22. The van der Waals surface area contributed by atoms with Gasteiger partial charge in [-0.2, -0.15) is 0 Å². The molecule has 8 heteroatoms. The Bertz CT molecular complexity index is 1300. The van der Waals surface area contributed by atoms with E-state index < -0.39 is 28.5 Å². The fourth-order valence-corrected chi connectivity index (χ4v) is 6.05. The molecule has 0 bridgehead atoms. The first-order valence-corrected chi connectivity index (χ1v) is 12.5. The Hall–Kier alpha value is -4.04. The highest BCUT2D eigenvalue weighted by atomic mass is 32.2. The van der Waals surface area contributed by atoms with Crippen LogP contribution in [-0.4, -0.2) is 44.0 Å². The van der Waals surface area contributed by atoms with Crippen molar-refractivity contribution in [1.82, 2.24) is 4.90 Å². The highest BCUT2D eigenvalue weighted by Gasteiger charge is 2.61. The Morgan fingerprint density at radius 2 is 1.43 bits per heavy atom. The molecule has 0 radical (unpaired) electrons. The molecule has 3 aromatic carbocycles. The van der Waals surface area contributed by atoms with E-state index in [9.17, 15) is 14.4 Å². The quantitative estimate of drug-likeness (QED) is 0.439. The van der Waals surface area contributed by atoms with E-state index in [1.807, 2.05) is 66.5 Å². The van der Waals surface area contributed by atoms with Gasteiger partial charge in [-0.3, -0.25) is 9.59 Å². The van der Waals surface area contributed by atoms with Gasteiger partial charge in [0.1, 0.15) is 10.7 Å². The number of hydrogen-bond acceptors (Lipinski definition) is 7. The maximum Gasteiger partial charge on any atom is 0.337 e. The van der Waals surface area contributed by atoms with Gasteiger partial charge in [-0.25, -0.2) is 4.79 Å². The van der Waals surface area contributed by atoms with Crippen LogP contribution in [0.1, 0.15) is 11.1 Å². The van der Waals surface area contributed by atoms with Gasteiger partial charge in [-0.05, 0) is 23.3 Å². The molecule has 1 heterocycles. The van der Waals surface area contributed by atoms with Crippen LogP contribution in [0.25, 0.3) is 0 Å². The zero-order chi connectivity index (χ0) is 26.4. The molecule has 0 saturated heterocycles. The SMILES string of the molecule is COC(=O)C1=C(N(C)Cc2ccccc2)SC(C(=O)Nc2ccccc2)(c2ccccc2)C1C(=O)OC. The van der Waals surface area contributed by atoms with E-state index in [1.165, 1.54) is 14.2 Å². The monoisotopic (exact) mass is 516 g/mol. The lowest BCUT2D eigenvalue weighted by Crippen LogP contribution is -2.46. The van der Waals surface area contributed by atoms with Gasteiger partial charge in [0.2, 0.25) is 5.91 Å². The number of rotatable bonds is 8. The fourth-order valence-electron chi connectivity index (χ4n) is 4.49. The summed E-state index contributed by atoms with van der Waals surface area (Å²) < 4.78 is 8.80. The number of thioether (sulfide) groups is 1. The minimum atomic E-state index is -1.53. The molecule has 2 unspecified atom stereocenters. The molecular weight excluding hydrogens is 488 g/mol. The van der Waals surface area contributed by atoms with Gasteiger partial charge >= 0.3 is 11.9 Å². The standard InChI is InChI=1S/C29H28N2O5S/c1-31(19-20-13-7-4-8-14-20)25-23(26(32)35-2)24(27(33)36-3)29(37-25,21-15-9-5-10-16-21)28(34)30-22-17-11-6-12-18-22/h4-18,24H,19H2,1-3H3,(H,30,34). The molecule has 4 rings (SSSR count). The Morgan fingerprint density at radius 1 is 0.865 bits per heavy atom. The second-order valence-electron chi connectivity index (χ2n) is 8.53. The molecular formula is C29H28N2O5S. The molecule has 3 aromatic rings. The molecule has 1 N–H and O–H groups in total. The summed E-state index contributed by atoms with van der Waals surface area (Å²) >= 11 is 1.16. The first kappa shape index (κ1) is 26.0. The number of esters is 2. The van der Waals surface area contributed by atoms with Gasteiger partial charge in [0.25, 0.3) is 0 Å². The number of nitrogens with one attached hydrogen (secondary N) is 1. The van der Waals surface area contributed by atoms with Crippen molar-refractivity contribution in [3.8, 4) is 0 Å². The third kappa shape index (κ3) is 5.11. The molecule has 0 aliphatic carbocycles. The Labute approximate surface area is 220 Å². The summed E-state index contributed by atoms with van der Waals surface area (Å²) in [6.07, 6.45) is 0. The summed E-state index contributed by atoms with van der Waals surface area (Å²) in [5.74, 6) is -3.10. The number of methoxy groups -OCH3 is 2. The third-order valence-electron chi connectivity index (χ3n) is 6.21. The first-order chi connectivity index (χ1) is 17.9. The second kappa shape index (κ2) is 11.3. The molecule has 2 atom stereocenters. The minimum absolute atomic E-state index is 0.0878. The van der Waals surface area contributed by atoms with E-state index in [4.69, 9.17) is 9.47 Å². The van der Waals surface area contributed by atoms with Crippen molar-refractivity contribution in [2.24, 2.45) is 5.92 Å². The van der Waals surface area contributed by atoms with Gasteiger partial charge in [-0.1, -0.05) is 90.6 Å². The molecule has 7 nitrogen and oxygen atoms in total. The van der Waals surface area contributed by atoms with Gasteiger partial charge < -0.3 is 19.7 Å². The average molecular weight is 517 g/mol. The van der Waals surface area contributed by atoms with Gasteiger partial charge in [0.15, 0.2) is 0 Å². The lowest BCUT2D eigenvalue weighted by Gasteiger charge is -2.33. The van der Waals surface area contributed by atoms with Crippen LogP contribution in [0.5, 0.6) is 0 Å². The molecule has 0 aromatic heterocycles. The van der Waals surface area contributed by atoms with Crippen LogP contribution in [0.4, 0.5) is 5.69 Å². The normalized spacial score (nSPS) is 18.7. The highest BCUT2D eigenvalue weighted by molar-refractivity contribution is 8.05. The molecule has 0 spiro atoms. The second-order valence-corrected chi connectivity index (χ2v) is 9.77. The Morgan fingerprint density at radius 3 is 2.00 bits per heavy atom. The van der Waals surface area contributed by atoms with Crippen molar-refractivity contribution in [3.63, 3.8) is 0 Å². The van der Waals surface area contributed by atoms with Crippen LogP contribution in [-0.2, 0) is 35.1 Å². The van der Waals surface area contributed by atoms with Crippen molar-refractivity contribution < 1.29 is 23.9 Å². The number of hydrogen-bond donors (Lipinski definition) is 1. The van der Waals surface area contributed by atoms with Gasteiger partial charge in [0, 0.05) is 19.3 Å². The summed E-state index contributed by atoms with van der Waals surface area (Å²) in [5, 5.41) is 3.42. The van der Waals surface area contributed by atoms with Gasteiger partial charge in [0.05, 0.1) is 24.8 Å².